The van der Waals surface area contributed by atoms with E-state index in [0.717, 1.165) is 29.9 Å². The van der Waals surface area contributed by atoms with Crippen LogP contribution in [0, 0.1) is 0 Å². The molecule has 1 amide bonds. The van der Waals surface area contributed by atoms with Gasteiger partial charge >= 0.3 is 0 Å². The van der Waals surface area contributed by atoms with Crippen LogP contribution in [0.15, 0.2) is 78.9 Å². The number of piperidine rings is 1. The Bertz CT molecular complexity index is 897. The molecule has 1 aliphatic heterocycles. The minimum atomic E-state index is -0.0800. The second-order valence-corrected chi connectivity index (χ2v) is 6.96. The quantitative estimate of drug-likeness (QED) is 0.660. The van der Waals surface area contributed by atoms with Crippen molar-refractivity contribution in [3.63, 3.8) is 0 Å². The topological polar surface area (TPSA) is 32.3 Å². The van der Waals surface area contributed by atoms with Crippen LogP contribution in [0.3, 0.4) is 0 Å². The second kappa shape index (κ2) is 8.09. The van der Waals surface area contributed by atoms with Gasteiger partial charge in [0.25, 0.3) is 5.91 Å². The highest BCUT2D eigenvalue weighted by Crippen LogP contribution is 2.28. The van der Waals surface area contributed by atoms with Gasteiger partial charge in [0, 0.05) is 35.6 Å². The molecule has 3 aromatic rings. The number of anilines is 2. The Balaban J connectivity index is 1.51. The molecule has 27 heavy (non-hydrogen) atoms. The number of carbonyl (C=O) groups excluding carboxylic acids is 1. The van der Waals surface area contributed by atoms with Gasteiger partial charge in [0.1, 0.15) is 0 Å². The van der Waals surface area contributed by atoms with Crippen molar-refractivity contribution < 1.29 is 4.79 Å². The number of amides is 1. The van der Waals surface area contributed by atoms with E-state index in [-0.39, 0.29) is 5.91 Å². The summed E-state index contributed by atoms with van der Waals surface area (Å²) >= 11 is 0. The lowest BCUT2D eigenvalue weighted by atomic mass is 10.0. The van der Waals surface area contributed by atoms with Crippen LogP contribution in [0.4, 0.5) is 11.4 Å². The van der Waals surface area contributed by atoms with Crippen molar-refractivity contribution in [1.29, 1.82) is 0 Å². The summed E-state index contributed by atoms with van der Waals surface area (Å²) in [6.45, 7) is 2.21. The standard InChI is InChI=1S/C24H24N2O/c27-24(20-13-15-21(16-14-20)26-17-7-2-8-18-26)25-23-12-6-5-11-22(23)19-9-3-1-4-10-19/h1,3-6,9-16H,2,7-8,17-18H2,(H,25,27). The maximum Gasteiger partial charge on any atom is 0.255 e. The first-order valence-electron chi connectivity index (χ1n) is 9.62. The molecule has 1 N–H and O–H groups in total. The third-order valence-corrected chi connectivity index (χ3v) is 5.11. The van der Waals surface area contributed by atoms with Gasteiger partial charge in [-0.1, -0.05) is 48.5 Å². The Morgan fingerprint density at radius 3 is 2.15 bits per heavy atom. The zero-order valence-corrected chi connectivity index (χ0v) is 15.4. The van der Waals surface area contributed by atoms with Gasteiger partial charge < -0.3 is 10.2 Å². The fraction of sp³-hybridized carbons (Fsp3) is 0.208. The van der Waals surface area contributed by atoms with Gasteiger partial charge in [0.2, 0.25) is 0 Å². The third-order valence-electron chi connectivity index (χ3n) is 5.11. The van der Waals surface area contributed by atoms with E-state index < -0.39 is 0 Å². The van der Waals surface area contributed by atoms with Crippen molar-refractivity contribution in [2.45, 2.75) is 19.3 Å². The van der Waals surface area contributed by atoms with Crippen LogP contribution < -0.4 is 10.2 Å². The summed E-state index contributed by atoms with van der Waals surface area (Å²) < 4.78 is 0. The highest BCUT2D eigenvalue weighted by molar-refractivity contribution is 6.06. The SMILES string of the molecule is O=C(Nc1ccccc1-c1ccccc1)c1ccc(N2CCCCC2)cc1. The molecular weight excluding hydrogens is 332 g/mol. The predicted molar refractivity (Wildman–Crippen MR) is 112 cm³/mol. The zero-order valence-electron chi connectivity index (χ0n) is 15.4. The molecule has 0 radical (unpaired) electrons. The average Bonchev–Trinajstić information content (AvgIpc) is 2.75. The second-order valence-electron chi connectivity index (χ2n) is 6.96. The molecule has 0 saturated carbocycles. The van der Waals surface area contributed by atoms with E-state index in [9.17, 15) is 4.79 Å². The number of benzene rings is 3. The highest BCUT2D eigenvalue weighted by Gasteiger charge is 2.13. The Hall–Kier alpha value is -3.07. The molecular formula is C24H24N2O. The Morgan fingerprint density at radius 1 is 0.741 bits per heavy atom. The lowest BCUT2D eigenvalue weighted by molar-refractivity contribution is 0.102. The van der Waals surface area contributed by atoms with Crippen LogP contribution in [0.2, 0.25) is 0 Å². The molecule has 4 rings (SSSR count). The van der Waals surface area contributed by atoms with Crippen LogP contribution >= 0.6 is 0 Å². The van der Waals surface area contributed by atoms with E-state index in [2.05, 4.69) is 34.5 Å². The predicted octanol–water partition coefficient (Wildman–Crippen LogP) is 5.60. The normalized spacial score (nSPS) is 14.0. The lowest BCUT2D eigenvalue weighted by Gasteiger charge is -2.28. The molecule has 0 bridgehead atoms. The fourth-order valence-corrected chi connectivity index (χ4v) is 3.63. The monoisotopic (exact) mass is 356 g/mol. The molecule has 0 aliphatic carbocycles. The number of hydrogen-bond donors (Lipinski definition) is 1. The average molecular weight is 356 g/mol. The van der Waals surface area contributed by atoms with E-state index in [0.29, 0.717) is 5.56 Å². The molecule has 136 valence electrons. The van der Waals surface area contributed by atoms with Gasteiger partial charge in [0.05, 0.1) is 0 Å². The van der Waals surface area contributed by atoms with E-state index in [1.165, 1.54) is 24.9 Å². The first-order valence-corrected chi connectivity index (χ1v) is 9.62. The van der Waals surface area contributed by atoms with Crippen LogP contribution in [0.1, 0.15) is 29.6 Å². The molecule has 3 nitrogen and oxygen atoms in total. The summed E-state index contributed by atoms with van der Waals surface area (Å²) in [7, 11) is 0. The largest absolute Gasteiger partial charge is 0.372 e. The lowest BCUT2D eigenvalue weighted by Crippen LogP contribution is -2.29. The summed E-state index contributed by atoms with van der Waals surface area (Å²) in [4.78, 5) is 15.2. The molecule has 0 unspecified atom stereocenters. The Kier molecular flexibility index (Phi) is 5.20. The number of hydrogen-bond acceptors (Lipinski definition) is 2. The molecule has 0 atom stereocenters. The van der Waals surface area contributed by atoms with E-state index in [1.54, 1.807) is 0 Å². The first kappa shape index (κ1) is 17.3. The Morgan fingerprint density at radius 2 is 1.41 bits per heavy atom. The van der Waals surface area contributed by atoms with Crippen molar-refractivity contribution >= 4 is 17.3 Å². The van der Waals surface area contributed by atoms with E-state index >= 15 is 0 Å². The smallest absolute Gasteiger partial charge is 0.255 e. The van der Waals surface area contributed by atoms with Crippen molar-refractivity contribution in [2.75, 3.05) is 23.3 Å². The van der Waals surface area contributed by atoms with Gasteiger partial charge in [-0.05, 0) is 55.2 Å². The van der Waals surface area contributed by atoms with Gasteiger partial charge in [-0.25, -0.2) is 0 Å². The summed E-state index contributed by atoms with van der Waals surface area (Å²) in [6.07, 6.45) is 3.81. The number of nitrogens with one attached hydrogen (secondary N) is 1. The van der Waals surface area contributed by atoms with E-state index in [1.807, 2.05) is 54.6 Å². The van der Waals surface area contributed by atoms with Crippen LogP contribution in [0.5, 0.6) is 0 Å². The minimum Gasteiger partial charge on any atom is -0.372 e. The molecule has 1 fully saturated rings. The van der Waals surface area contributed by atoms with Gasteiger partial charge in [-0.3, -0.25) is 4.79 Å². The summed E-state index contributed by atoms with van der Waals surface area (Å²) in [5.74, 6) is -0.0800. The van der Waals surface area contributed by atoms with Crippen molar-refractivity contribution in [1.82, 2.24) is 0 Å². The van der Waals surface area contributed by atoms with Gasteiger partial charge in [-0.15, -0.1) is 0 Å². The summed E-state index contributed by atoms with van der Waals surface area (Å²) in [5.41, 5.74) is 4.83. The molecule has 1 aliphatic rings. The molecule has 1 heterocycles. The Labute approximate surface area is 160 Å². The number of para-hydroxylation sites is 1. The summed E-state index contributed by atoms with van der Waals surface area (Å²) in [6, 6.07) is 26.0. The maximum atomic E-state index is 12.8. The number of carbonyl (C=O) groups is 1. The third kappa shape index (κ3) is 4.03. The highest BCUT2D eigenvalue weighted by atomic mass is 16.1. The van der Waals surface area contributed by atoms with Crippen LogP contribution in [-0.2, 0) is 0 Å². The van der Waals surface area contributed by atoms with Gasteiger partial charge in [0.15, 0.2) is 0 Å². The minimum absolute atomic E-state index is 0.0800. The maximum absolute atomic E-state index is 12.8. The zero-order chi connectivity index (χ0) is 18.5. The van der Waals surface area contributed by atoms with Gasteiger partial charge in [-0.2, -0.15) is 0 Å². The van der Waals surface area contributed by atoms with Crippen molar-refractivity contribution in [3.8, 4) is 11.1 Å². The van der Waals surface area contributed by atoms with Crippen LogP contribution in [-0.4, -0.2) is 19.0 Å². The van der Waals surface area contributed by atoms with E-state index in [4.69, 9.17) is 0 Å². The molecule has 0 aromatic heterocycles. The van der Waals surface area contributed by atoms with Crippen molar-refractivity contribution in [2.24, 2.45) is 0 Å². The van der Waals surface area contributed by atoms with Crippen LogP contribution in [0.25, 0.3) is 11.1 Å². The first-order chi connectivity index (χ1) is 13.3. The number of rotatable bonds is 4. The number of nitrogens with zero attached hydrogens (tertiary/aromatic N) is 1. The molecule has 3 aromatic carbocycles. The van der Waals surface area contributed by atoms with Crippen molar-refractivity contribution in [3.05, 3.63) is 84.4 Å². The summed E-state index contributed by atoms with van der Waals surface area (Å²) in [5, 5.41) is 3.07. The molecule has 0 spiro atoms. The molecule has 1 saturated heterocycles. The fourth-order valence-electron chi connectivity index (χ4n) is 3.63. The molecule has 3 heteroatoms.